The van der Waals surface area contributed by atoms with Gasteiger partial charge in [-0.3, -0.25) is 0 Å². The van der Waals surface area contributed by atoms with Crippen molar-refractivity contribution in [2.24, 2.45) is 17.8 Å². The Balaban J connectivity index is 6.38. The molecule has 0 saturated heterocycles. The van der Waals surface area contributed by atoms with Crippen molar-refractivity contribution >= 4 is 0 Å². The van der Waals surface area contributed by atoms with Crippen molar-refractivity contribution in [3.8, 4) is 0 Å². The van der Waals surface area contributed by atoms with Gasteiger partial charge in [0.15, 0.2) is 0 Å². The fraction of sp³-hybridized carbons (Fsp3) is 1.00. The zero-order chi connectivity index (χ0) is 16.7. The average Bonchev–Trinajstić information content (AvgIpc) is 2.26. The Morgan fingerprint density at radius 2 is 0.700 bits per heavy atom. The Bertz CT molecular complexity index is 274. The zero-order valence-corrected chi connectivity index (χ0v) is 16.1. The molecule has 20 heavy (non-hydrogen) atoms. The molecule has 0 unspecified atom stereocenters. The van der Waals surface area contributed by atoms with Gasteiger partial charge >= 0.3 is 0 Å². The Morgan fingerprint density at radius 1 is 0.550 bits per heavy atom. The molecule has 0 aliphatic carbocycles. The van der Waals surface area contributed by atoms with Crippen LogP contribution in [0, 0.1) is 23.0 Å². The van der Waals surface area contributed by atoms with Crippen LogP contribution >= 0.6 is 0 Å². The Morgan fingerprint density at radius 3 is 0.800 bits per heavy atom. The lowest BCUT2D eigenvalue weighted by molar-refractivity contribution is -1.02. The van der Waals surface area contributed by atoms with Crippen LogP contribution in [-0.4, -0.2) is 21.3 Å². The van der Waals surface area contributed by atoms with E-state index in [-0.39, 0.29) is 21.3 Å². The summed E-state index contributed by atoms with van der Waals surface area (Å²) in [6, 6.07) is 0. The predicted molar refractivity (Wildman–Crippen MR) is 90.4 cm³/mol. The van der Waals surface area contributed by atoms with Gasteiger partial charge in [-0.05, 0) is 41.5 Å². The molecule has 0 aromatic heterocycles. The number of hydrogen-bond donors (Lipinski definition) is 0. The Hall–Kier alpha value is -0.0800. The van der Waals surface area contributed by atoms with Gasteiger partial charge in [0.1, 0.15) is 0 Å². The molecule has 2 heteroatoms. The topological polar surface area (TPSA) is 23.1 Å². The lowest BCUT2D eigenvalue weighted by Crippen LogP contribution is -2.79. The van der Waals surface area contributed by atoms with E-state index in [1.54, 1.807) is 0 Å². The second-order valence-corrected chi connectivity index (χ2v) is 9.03. The second kappa shape index (κ2) is 5.61. The minimum Gasteiger partial charge on any atom is -0.632 e. The quantitative estimate of drug-likeness (QED) is 0.460. The van der Waals surface area contributed by atoms with Gasteiger partial charge in [-0.1, -0.05) is 41.5 Å². The third-order valence-corrected chi connectivity index (χ3v) is 6.67. The monoisotopic (exact) mass is 285 g/mol. The van der Waals surface area contributed by atoms with Crippen LogP contribution in [-0.2, 0) is 0 Å². The van der Waals surface area contributed by atoms with E-state index in [9.17, 15) is 5.21 Å². The smallest absolute Gasteiger partial charge is 0.0963 e. The SMILES string of the molecule is CC(C)C(C)(C)[N+]([O-])(C(C)(C)C(C)C)C(C)(C)C(C)C. The van der Waals surface area contributed by atoms with Crippen LogP contribution in [0.1, 0.15) is 83.1 Å². The summed E-state index contributed by atoms with van der Waals surface area (Å²) < 4.78 is -0.153. The lowest BCUT2D eigenvalue weighted by Gasteiger charge is -2.72. The van der Waals surface area contributed by atoms with Crippen LogP contribution in [0.5, 0.6) is 0 Å². The van der Waals surface area contributed by atoms with Crippen molar-refractivity contribution in [3.63, 3.8) is 0 Å². The summed E-state index contributed by atoms with van der Waals surface area (Å²) in [5.74, 6) is 0.989. The molecule has 0 aliphatic rings. The highest BCUT2D eigenvalue weighted by molar-refractivity contribution is 4.93. The third kappa shape index (κ3) is 2.54. The van der Waals surface area contributed by atoms with Gasteiger partial charge in [0.25, 0.3) is 0 Å². The summed E-state index contributed by atoms with van der Waals surface area (Å²) in [6.45, 7) is 26.0. The van der Waals surface area contributed by atoms with Crippen molar-refractivity contribution in [3.05, 3.63) is 5.21 Å². The molecule has 0 saturated carbocycles. The van der Waals surface area contributed by atoms with Gasteiger partial charge in [-0.25, -0.2) is 0 Å². The van der Waals surface area contributed by atoms with Crippen LogP contribution in [0.15, 0.2) is 0 Å². The highest BCUT2D eigenvalue weighted by Crippen LogP contribution is 2.50. The maximum absolute atomic E-state index is 14.4. The van der Waals surface area contributed by atoms with Gasteiger partial charge < -0.3 is 9.85 Å². The van der Waals surface area contributed by atoms with Crippen molar-refractivity contribution in [1.29, 1.82) is 0 Å². The molecule has 0 rings (SSSR count). The normalized spacial score (nSPS) is 15.6. The van der Waals surface area contributed by atoms with Crippen molar-refractivity contribution in [2.75, 3.05) is 0 Å². The number of nitrogens with zero attached hydrogens (tertiary/aromatic N) is 1. The molecule has 0 amide bonds. The number of quaternary nitrogens is 1. The summed E-state index contributed by atoms with van der Waals surface area (Å²) in [5.41, 5.74) is -0.995. The first kappa shape index (κ1) is 19.9. The van der Waals surface area contributed by atoms with E-state index in [1.165, 1.54) is 0 Å². The van der Waals surface area contributed by atoms with E-state index in [0.717, 1.165) is 0 Å². The number of hydrogen-bond acceptors (Lipinski definition) is 1. The molecule has 0 bridgehead atoms. The second-order valence-electron chi connectivity index (χ2n) is 9.03. The van der Waals surface area contributed by atoms with Crippen LogP contribution in [0.3, 0.4) is 0 Å². The first-order valence-electron chi connectivity index (χ1n) is 8.18. The lowest BCUT2D eigenvalue weighted by atomic mass is 9.72. The fourth-order valence-corrected chi connectivity index (χ4v) is 3.32. The molecular weight excluding hydrogens is 246 g/mol. The van der Waals surface area contributed by atoms with Crippen molar-refractivity contribution in [2.45, 2.75) is 99.7 Å². The van der Waals surface area contributed by atoms with E-state index in [1.807, 2.05) is 0 Å². The molecule has 0 N–H and O–H groups in total. The zero-order valence-electron chi connectivity index (χ0n) is 16.1. The van der Waals surface area contributed by atoms with Crippen LogP contribution in [0.25, 0.3) is 0 Å². The predicted octanol–water partition coefficient (Wildman–Crippen LogP) is 5.60. The van der Waals surface area contributed by atoms with Crippen LogP contribution < -0.4 is 0 Å². The molecule has 122 valence electrons. The summed E-state index contributed by atoms with van der Waals surface area (Å²) in [4.78, 5) is 0. The molecule has 0 aromatic carbocycles. The molecule has 2 nitrogen and oxygen atoms in total. The summed E-state index contributed by atoms with van der Waals surface area (Å²) in [5, 5.41) is 14.4. The molecule has 0 aromatic rings. The molecule has 0 fully saturated rings. The molecule has 0 aliphatic heterocycles. The molecular formula is C18H39NO. The first-order valence-corrected chi connectivity index (χ1v) is 8.18. The van der Waals surface area contributed by atoms with Gasteiger partial charge in [0.05, 0.1) is 16.6 Å². The molecule has 0 heterocycles. The minimum absolute atomic E-state index is 0.153. The van der Waals surface area contributed by atoms with Gasteiger partial charge in [-0.15, -0.1) is 0 Å². The largest absolute Gasteiger partial charge is 0.632 e. The number of hydroxylamine groups is 3. The number of rotatable bonds is 6. The highest BCUT2D eigenvalue weighted by atomic mass is 16.6. The summed E-state index contributed by atoms with van der Waals surface area (Å²) >= 11 is 0. The molecule has 0 atom stereocenters. The van der Waals surface area contributed by atoms with Crippen LogP contribution in [0.4, 0.5) is 0 Å². The van der Waals surface area contributed by atoms with Crippen molar-refractivity contribution < 1.29 is 4.65 Å². The Kier molecular flexibility index (Phi) is 5.58. The van der Waals surface area contributed by atoms with Crippen molar-refractivity contribution in [1.82, 2.24) is 0 Å². The first-order chi connectivity index (χ1) is 8.58. The molecule has 0 radical (unpaired) electrons. The van der Waals surface area contributed by atoms with E-state index in [4.69, 9.17) is 0 Å². The summed E-state index contributed by atoms with van der Waals surface area (Å²) in [6.07, 6.45) is 0. The fourth-order valence-electron chi connectivity index (χ4n) is 3.32. The van der Waals surface area contributed by atoms with E-state index in [0.29, 0.717) is 17.8 Å². The highest BCUT2D eigenvalue weighted by Gasteiger charge is 2.58. The van der Waals surface area contributed by atoms with E-state index in [2.05, 4.69) is 83.1 Å². The standard InChI is InChI=1S/C18H39NO/c1-13(2)16(7,8)19(20,17(9,10)14(3)4)18(11,12)15(5)6/h13-15H,1-12H3. The Labute approximate surface area is 128 Å². The average molecular weight is 286 g/mol. The van der Waals surface area contributed by atoms with Gasteiger partial charge in [0, 0.05) is 17.8 Å². The van der Waals surface area contributed by atoms with Gasteiger partial charge in [0.2, 0.25) is 0 Å². The van der Waals surface area contributed by atoms with E-state index >= 15 is 0 Å². The maximum atomic E-state index is 14.4. The summed E-state index contributed by atoms with van der Waals surface area (Å²) in [7, 11) is 0. The van der Waals surface area contributed by atoms with Gasteiger partial charge in [-0.2, -0.15) is 0 Å². The molecule has 0 spiro atoms. The maximum Gasteiger partial charge on any atom is 0.0963 e. The third-order valence-electron chi connectivity index (χ3n) is 6.67. The van der Waals surface area contributed by atoms with Crippen LogP contribution in [0.2, 0.25) is 0 Å². The van der Waals surface area contributed by atoms with E-state index < -0.39 is 0 Å². The minimum atomic E-state index is -0.332.